The van der Waals surface area contributed by atoms with Gasteiger partial charge in [-0.15, -0.1) is 0 Å². The predicted molar refractivity (Wildman–Crippen MR) is 56.1 cm³/mol. The highest BCUT2D eigenvalue weighted by molar-refractivity contribution is 5.54. The smallest absolute Gasteiger partial charge is 0.170 e. The average molecular weight is 206 g/mol. The zero-order chi connectivity index (χ0) is 10.7. The quantitative estimate of drug-likeness (QED) is 0.816. The minimum absolute atomic E-state index is 0.736. The maximum atomic E-state index is 5.22. The molecule has 0 aliphatic heterocycles. The predicted octanol–water partition coefficient (Wildman–Crippen LogP) is 1.18. The van der Waals surface area contributed by atoms with Gasteiger partial charge in [-0.2, -0.15) is 5.10 Å². The van der Waals surface area contributed by atoms with Gasteiger partial charge in [-0.05, 0) is 6.54 Å². The fourth-order valence-electron chi connectivity index (χ4n) is 1.33. The van der Waals surface area contributed by atoms with E-state index in [4.69, 9.17) is 4.52 Å². The van der Waals surface area contributed by atoms with E-state index in [9.17, 15) is 0 Å². The summed E-state index contributed by atoms with van der Waals surface area (Å²) in [7, 11) is 1.87. The summed E-state index contributed by atoms with van der Waals surface area (Å²) in [4.78, 5) is 0. The molecule has 80 valence electrons. The van der Waals surface area contributed by atoms with E-state index in [2.05, 4.69) is 22.5 Å². The van der Waals surface area contributed by atoms with Crippen LogP contribution in [0.2, 0.25) is 0 Å². The first-order valence-corrected chi connectivity index (χ1v) is 4.95. The molecule has 0 spiro atoms. The third-order valence-electron chi connectivity index (χ3n) is 2.10. The average Bonchev–Trinajstić information content (AvgIpc) is 2.83. The van der Waals surface area contributed by atoms with Gasteiger partial charge in [0, 0.05) is 25.9 Å². The third-order valence-corrected chi connectivity index (χ3v) is 2.10. The Balaban J connectivity index is 2.13. The molecule has 2 heterocycles. The van der Waals surface area contributed by atoms with E-state index in [0.717, 1.165) is 30.1 Å². The molecule has 0 saturated carbocycles. The Morgan fingerprint density at radius 2 is 2.40 bits per heavy atom. The van der Waals surface area contributed by atoms with Crippen molar-refractivity contribution in [1.82, 2.24) is 20.3 Å². The lowest BCUT2D eigenvalue weighted by Crippen LogP contribution is -2.11. The van der Waals surface area contributed by atoms with E-state index in [1.807, 2.05) is 19.3 Å². The van der Waals surface area contributed by atoms with Crippen LogP contribution in [0.4, 0.5) is 0 Å². The van der Waals surface area contributed by atoms with Gasteiger partial charge in [0.25, 0.3) is 0 Å². The molecule has 1 N–H and O–H groups in total. The molecule has 0 amide bonds. The molecule has 0 radical (unpaired) electrons. The van der Waals surface area contributed by atoms with Crippen LogP contribution in [0, 0.1) is 0 Å². The molecule has 0 saturated heterocycles. The Hall–Kier alpha value is -1.62. The van der Waals surface area contributed by atoms with Gasteiger partial charge in [0.15, 0.2) is 5.76 Å². The summed E-state index contributed by atoms with van der Waals surface area (Å²) in [5.74, 6) is 0.760. The molecule has 0 aliphatic carbocycles. The fourth-order valence-corrected chi connectivity index (χ4v) is 1.33. The van der Waals surface area contributed by atoms with Crippen LogP contribution >= 0.6 is 0 Å². The molecular formula is C10H14N4O. The number of aromatic nitrogens is 3. The van der Waals surface area contributed by atoms with E-state index in [1.54, 1.807) is 10.9 Å². The maximum absolute atomic E-state index is 5.22. The molecule has 0 aliphatic rings. The van der Waals surface area contributed by atoms with Gasteiger partial charge < -0.3 is 9.84 Å². The summed E-state index contributed by atoms with van der Waals surface area (Å²) in [6.07, 6.45) is 3.66. The van der Waals surface area contributed by atoms with E-state index in [1.165, 1.54) is 0 Å². The van der Waals surface area contributed by atoms with Crippen LogP contribution in [-0.2, 0) is 13.6 Å². The second-order valence-electron chi connectivity index (χ2n) is 3.37. The van der Waals surface area contributed by atoms with Crippen molar-refractivity contribution in [2.45, 2.75) is 13.5 Å². The molecule has 0 unspecified atom stereocenters. The van der Waals surface area contributed by atoms with Crippen molar-refractivity contribution in [3.8, 4) is 11.3 Å². The number of hydrogen-bond donors (Lipinski definition) is 1. The molecule has 2 aromatic rings. The van der Waals surface area contributed by atoms with E-state index < -0.39 is 0 Å². The van der Waals surface area contributed by atoms with Gasteiger partial charge in [-0.1, -0.05) is 12.1 Å². The summed E-state index contributed by atoms with van der Waals surface area (Å²) in [5.41, 5.74) is 1.86. The zero-order valence-electron chi connectivity index (χ0n) is 8.90. The van der Waals surface area contributed by atoms with Crippen LogP contribution in [-0.4, -0.2) is 21.5 Å². The normalized spacial score (nSPS) is 10.8. The molecule has 0 aromatic carbocycles. The Labute approximate surface area is 88.1 Å². The Morgan fingerprint density at radius 1 is 1.53 bits per heavy atom. The van der Waals surface area contributed by atoms with Crippen molar-refractivity contribution in [3.63, 3.8) is 0 Å². The van der Waals surface area contributed by atoms with Gasteiger partial charge in [-0.25, -0.2) is 0 Å². The molecule has 5 heteroatoms. The van der Waals surface area contributed by atoms with Crippen molar-refractivity contribution in [2.75, 3.05) is 6.54 Å². The molecule has 2 rings (SSSR count). The highest BCUT2D eigenvalue weighted by Crippen LogP contribution is 2.18. The van der Waals surface area contributed by atoms with Gasteiger partial charge in [0.2, 0.25) is 0 Å². The molecule has 5 nitrogen and oxygen atoms in total. The van der Waals surface area contributed by atoms with E-state index in [-0.39, 0.29) is 0 Å². The van der Waals surface area contributed by atoms with Crippen LogP contribution in [0.25, 0.3) is 11.3 Å². The molecule has 0 atom stereocenters. The van der Waals surface area contributed by atoms with Gasteiger partial charge >= 0.3 is 0 Å². The van der Waals surface area contributed by atoms with Crippen LogP contribution in [0.3, 0.4) is 0 Å². The second kappa shape index (κ2) is 4.27. The largest absolute Gasteiger partial charge is 0.356 e. The molecule has 0 bridgehead atoms. The number of rotatable bonds is 4. The van der Waals surface area contributed by atoms with Gasteiger partial charge in [0.1, 0.15) is 0 Å². The summed E-state index contributed by atoms with van der Waals surface area (Å²) >= 11 is 0. The number of aryl methyl sites for hydroxylation is 1. The second-order valence-corrected chi connectivity index (χ2v) is 3.37. The first-order valence-electron chi connectivity index (χ1n) is 4.95. The fraction of sp³-hybridized carbons (Fsp3) is 0.400. The van der Waals surface area contributed by atoms with Crippen molar-refractivity contribution < 1.29 is 4.52 Å². The van der Waals surface area contributed by atoms with Crippen molar-refractivity contribution in [3.05, 3.63) is 24.2 Å². The minimum Gasteiger partial charge on any atom is -0.356 e. The van der Waals surface area contributed by atoms with Crippen molar-refractivity contribution in [1.29, 1.82) is 0 Å². The Morgan fingerprint density at radius 3 is 3.07 bits per heavy atom. The van der Waals surface area contributed by atoms with E-state index in [0.29, 0.717) is 0 Å². The highest BCUT2D eigenvalue weighted by atomic mass is 16.5. The van der Waals surface area contributed by atoms with Gasteiger partial charge in [0.05, 0.1) is 17.5 Å². The van der Waals surface area contributed by atoms with E-state index >= 15 is 0 Å². The monoisotopic (exact) mass is 206 g/mol. The molecular weight excluding hydrogens is 192 g/mol. The molecule has 2 aromatic heterocycles. The van der Waals surface area contributed by atoms with Crippen LogP contribution in [0.5, 0.6) is 0 Å². The third kappa shape index (κ3) is 2.24. The summed E-state index contributed by atoms with van der Waals surface area (Å²) in [6, 6.07) is 1.93. The van der Waals surface area contributed by atoms with Crippen molar-refractivity contribution >= 4 is 0 Å². The number of nitrogens with zero attached hydrogens (tertiary/aromatic N) is 3. The molecule has 15 heavy (non-hydrogen) atoms. The highest BCUT2D eigenvalue weighted by Gasteiger charge is 2.07. The summed E-state index contributed by atoms with van der Waals surface area (Å²) in [6.45, 7) is 3.72. The standard InChI is InChI=1S/C10H14N4O/c1-3-11-6-9-4-10(15-13-9)8-5-12-14(2)7-8/h4-5,7,11H,3,6H2,1-2H3. The molecule has 0 fully saturated rings. The Kier molecular flexibility index (Phi) is 2.82. The first kappa shape index (κ1) is 9.92. The minimum atomic E-state index is 0.736. The lowest BCUT2D eigenvalue weighted by molar-refractivity contribution is 0.420. The van der Waals surface area contributed by atoms with Crippen LogP contribution < -0.4 is 5.32 Å². The van der Waals surface area contributed by atoms with Crippen LogP contribution in [0.1, 0.15) is 12.6 Å². The zero-order valence-corrected chi connectivity index (χ0v) is 8.90. The summed E-state index contributed by atoms with van der Waals surface area (Å²) in [5, 5.41) is 11.2. The van der Waals surface area contributed by atoms with Crippen molar-refractivity contribution in [2.24, 2.45) is 7.05 Å². The first-order chi connectivity index (χ1) is 7.29. The number of nitrogens with one attached hydrogen (secondary N) is 1. The SMILES string of the molecule is CCNCc1cc(-c2cnn(C)c2)on1. The summed E-state index contributed by atoms with van der Waals surface area (Å²) < 4.78 is 6.96. The lowest BCUT2D eigenvalue weighted by Gasteiger charge is -1.93. The Bertz CT molecular complexity index is 432. The number of hydrogen-bond acceptors (Lipinski definition) is 4. The topological polar surface area (TPSA) is 55.9 Å². The van der Waals surface area contributed by atoms with Crippen LogP contribution in [0.15, 0.2) is 23.0 Å². The maximum Gasteiger partial charge on any atom is 0.170 e. The van der Waals surface area contributed by atoms with Gasteiger partial charge in [-0.3, -0.25) is 4.68 Å². The lowest BCUT2D eigenvalue weighted by atomic mass is 10.2.